The Hall–Kier alpha value is -6.34. The fraction of sp³-hybridized carbons (Fsp3) is 0.370. The average Bonchev–Trinajstić information content (AvgIpc) is 3.33. The molecule has 12 heteroatoms. The van der Waals surface area contributed by atoms with Crippen molar-refractivity contribution >= 4 is 28.1 Å². The van der Waals surface area contributed by atoms with Gasteiger partial charge in [0.05, 0.1) is 23.2 Å². The van der Waals surface area contributed by atoms with Gasteiger partial charge in [0.15, 0.2) is 0 Å². The van der Waals surface area contributed by atoms with Crippen molar-refractivity contribution in [2.45, 2.75) is 83.1 Å². The van der Waals surface area contributed by atoms with E-state index in [1.807, 2.05) is 72.8 Å². The number of allylic oxidation sites excluding steroid dienone is 1. The van der Waals surface area contributed by atoms with Gasteiger partial charge in [0, 0.05) is 55.9 Å². The predicted octanol–water partition coefficient (Wildman–Crippen LogP) is 10.8. The molecule has 1 amide bonds. The monoisotopic (exact) mass is 893 g/mol. The molecular weight excluding hydrogens is 835 g/mol. The number of nitro benzene ring substituents is 1. The van der Waals surface area contributed by atoms with Crippen molar-refractivity contribution in [3.63, 3.8) is 0 Å². The summed E-state index contributed by atoms with van der Waals surface area (Å²) in [7, 11) is 1.79. The lowest BCUT2D eigenvalue weighted by Gasteiger charge is -2.59. The highest BCUT2D eigenvalue weighted by molar-refractivity contribution is 6.04. The second kappa shape index (κ2) is 20.4. The number of nitro groups is 1. The first-order chi connectivity index (χ1) is 32.0. The van der Waals surface area contributed by atoms with Crippen LogP contribution in [0.5, 0.6) is 17.2 Å². The molecular formula is C54H59N3O9. The van der Waals surface area contributed by atoms with Gasteiger partial charge >= 0.3 is 0 Å². The Morgan fingerprint density at radius 1 is 0.909 bits per heavy atom. The lowest BCUT2D eigenvalue weighted by molar-refractivity contribution is -0.384. The van der Waals surface area contributed by atoms with Crippen molar-refractivity contribution in [2.75, 3.05) is 26.9 Å². The molecule has 1 fully saturated rings. The van der Waals surface area contributed by atoms with E-state index in [1.165, 1.54) is 17.7 Å². The van der Waals surface area contributed by atoms with E-state index in [0.717, 1.165) is 58.9 Å². The molecule has 5 aromatic carbocycles. The SMILES string of the molecule is C=CCO[C@@]12Oc3ccc(Oc4ccc(C)c(C)c4)cc3[C@H]3[C@H](CCCCO)[C@@H](CCCCO)C=C(C(=NOCc4ccc([N+](=O)[O-])cc4)C[C@@H]1N(C)C(=O)c1ccc4ccccc4c1)[C@H]32. The fourth-order valence-electron chi connectivity index (χ4n) is 10.3. The fourth-order valence-corrected chi connectivity index (χ4v) is 10.3. The van der Waals surface area contributed by atoms with Gasteiger partial charge in [-0.05, 0) is 139 Å². The van der Waals surface area contributed by atoms with Crippen molar-refractivity contribution in [3.8, 4) is 17.2 Å². The number of fused-ring (bicyclic) bond motifs is 3. The van der Waals surface area contributed by atoms with E-state index in [9.17, 15) is 25.1 Å². The first-order valence-electron chi connectivity index (χ1n) is 23.0. The number of hydrogen-bond acceptors (Lipinski definition) is 10. The van der Waals surface area contributed by atoms with Gasteiger partial charge in [0.25, 0.3) is 11.6 Å². The molecule has 6 atom stereocenters. The van der Waals surface area contributed by atoms with Crippen molar-refractivity contribution in [3.05, 3.63) is 165 Å². The number of aryl methyl sites for hydroxylation is 2. The third kappa shape index (κ3) is 9.49. The predicted molar refractivity (Wildman–Crippen MR) is 255 cm³/mol. The molecule has 0 aromatic heterocycles. The van der Waals surface area contributed by atoms with Crippen LogP contribution in [0.3, 0.4) is 0 Å². The highest BCUT2D eigenvalue weighted by Crippen LogP contribution is 2.62. The molecule has 0 spiro atoms. The summed E-state index contributed by atoms with van der Waals surface area (Å²) in [4.78, 5) is 33.8. The van der Waals surface area contributed by atoms with Gasteiger partial charge in [-0.2, -0.15) is 0 Å². The summed E-state index contributed by atoms with van der Waals surface area (Å²) in [5.41, 5.74) is 5.97. The third-order valence-corrected chi connectivity index (χ3v) is 13.7. The maximum Gasteiger partial charge on any atom is 0.269 e. The first kappa shape index (κ1) is 46.2. The summed E-state index contributed by atoms with van der Waals surface area (Å²) in [6.07, 6.45) is 8.66. The minimum Gasteiger partial charge on any atom is -0.459 e. The normalized spacial score (nSPS) is 22.4. The van der Waals surface area contributed by atoms with Gasteiger partial charge in [0.2, 0.25) is 5.79 Å². The molecule has 66 heavy (non-hydrogen) atoms. The van der Waals surface area contributed by atoms with Crippen LogP contribution in [-0.4, -0.2) is 70.4 Å². The molecule has 5 aromatic rings. The molecule has 0 saturated heterocycles. The second-order valence-corrected chi connectivity index (χ2v) is 17.8. The van der Waals surface area contributed by atoms with Crippen LogP contribution < -0.4 is 9.47 Å². The summed E-state index contributed by atoms with van der Waals surface area (Å²) >= 11 is 0. The van der Waals surface area contributed by atoms with Gasteiger partial charge in [-0.1, -0.05) is 66.5 Å². The van der Waals surface area contributed by atoms with Crippen LogP contribution in [0.4, 0.5) is 5.69 Å². The largest absolute Gasteiger partial charge is 0.459 e. The maximum absolute atomic E-state index is 15.0. The Morgan fingerprint density at radius 2 is 1.64 bits per heavy atom. The zero-order valence-corrected chi connectivity index (χ0v) is 37.9. The van der Waals surface area contributed by atoms with Crippen molar-refractivity contribution in [2.24, 2.45) is 22.9 Å². The quantitative estimate of drug-likeness (QED) is 0.0357. The lowest BCUT2D eigenvalue weighted by Crippen LogP contribution is -2.69. The van der Waals surface area contributed by atoms with E-state index in [-0.39, 0.29) is 62.2 Å². The number of aliphatic hydroxyl groups excluding tert-OH is 2. The zero-order chi connectivity index (χ0) is 46.4. The average molecular weight is 894 g/mol. The van der Waals surface area contributed by atoms with Crippen LogP contribution in [0.1, 0.15) is 83.5 Å². The number of amides is 1. The van der Waals surface area contributed by atoms with Gasteiger partial charge in [-0.25, -0.2) is 0 Å². The zero-order valence-electron chi connectivity index (χ0n) is 37.9. The molecule has 2 N–H and O–H groups in total. The second-order valence-electron chi connectivity index (χ2n) is 17.8. The molecule has 8 rings (SSSR count). The first-order valence-corrected chi connectivity index (χ1v) is 23.0. The minimum absolute atomic E-state index is 0.0190. The summed E-state index contributed by atoms with van der Waals surface area (Å²) in [5.74, 6) is -0.349. The number of ether oxygens (including phenoxy) is 3. The lowest BCUT2D eigenvalue weighted by atomic mass is 9.55. The molecule has 1 aliphatic heterocycles. The van der Waals surface area contributed by atoms with Crippen LogP contribution in [0, 0.1) is 41.7 Å². The van der Waals surface area contributed by atoms with Crippen LogP contribution >= 0.6 is 0 Å². The number of unbranched alkanes of at least 4 members (excludes halogenated alkanes) is 2. The smallest absolute Gasteiger partial charge is 0.269 e. The molecule has 12 nitrogen and oxygen atoms in total. The molecule has 1 heterocycles. The topological polar surface area (TPSA) is 153 Å². The number of non-ortho nitro benzene ring substituents is 1. The van der Waals surface area contributed by atoms with E-state index < -0.39 is 22.7 Å². The number of rotatable bonds is 19. The number of carbonyl (C=O) groups is 1. The number of oxime groups is 1. The molecule has 0 bridgehead atoms. The number of likely N-dealkylation sites (N-methyl/N-ethyl adjacent to an activating group) is 1. The van der Waals surface area contributed by atoms with E-state index in [2.05, 4.69) is 32.6 Å². The number of nitrogens with zero attached hydrogens (tertiary/aromatic N) is 3. The van der Waals surface area contributed by atoms with E-state index in [1.54, 1.807) is 30.2 Å². The molecule has 3 aliphatic rings. The minimum atomic E-state index is -1.43. The van der Waals surface area contributed by atoms with Crippen molar-refractivity contribution < 1.29 is 39.0 Å². The van der Waals surface area contributed by atoms with Crippen molar-refractivity contribution in [1.29, 1.82) is 0 Å². The number of aliphatic hydroxyl groups is 2. The molecule has 2 aliphatic carbocycles. The van der Waals surface area contributed by atoms with Gasteiger partial charge in [0.1, 0.15) is 29.9 Å². The van der Waals surface area contributed by atoms with Crippen molar-refractivity contribution in [1.82, 2.24) is 4.90 Å². The van der Waals surface area contributed by atoms with Gasteiger partial charge in [-0.3, -0.25) is 14.9 Å². The van der Waals surface area contributed by atoms with Gasteiger partial charge < -0.3 is 34.2 Å². The Kier molecular flexibility index (Phi) is 14.3. The van der Waals surface area contributed by atoms with Crippen LogP contribution in [0.25, 0.3) is 10.8 Å². The summed E-state index contributed by atoms with van der Waals surface area (Å²) in [6, 6.07) is 31.1. The van der Waals surface area contributed by atoms with Crippen LogP contribution in [-0.2, 0) is 16.2 Å². The Labute approximate surface area is 386 Å². The summed E-state index contributed by atoms with van der Waals surface area (Å²) in [5, 5.41) is 38.2. The Bertz CT molecular complexity index is 2630. The molecule has 0 unspecified atom stereocenters. The molecule has 344 valence electrons. The summed E-state index contributed by atoms with van der Waals surface area (Å²) in [6.45, 7) is 8.52. The number of carbonyl (C=O) groups excluding carboxylic acids is 1. The standard InChI is InChI=1S/C54H59N3O9/c1-5-28-63-54-50(56(4)53(60)41-20-19-38-12-6-7-13-39(38)30-41)33-48(55-64-34-37-17-21-42(22-18-37)57(61)62)46-31-40(14-8-10-26-58)45(15-9-11-27-59)51(52(46)54)47-32-44(24-25-49(47)66-54)65-43-23-16-35(2)36(3)29-43/h5-7,12-13,16-25,29-32,40,45,50-52,58-59H,1,8-11,14-15,26-28,33-34H2,2-4H3/t40-,45+,50-,51+,52+,54+/m0/s1. The van der Waals surface area contributed by atoms with Crippen LogP contribution in [0.15, 0.2) is 133 Å². The van der Waals surface area contributed by atoms with E-state index in [0.29, 0.717) is 41.2 Å². The van der Waals surface area contributed by atoms with Crippen LogP contribution in [0.2, 0.25) is 0 Å². The molecule has 1 saturated carbocycles. The highest BCUT2D eigenvalue weighted by Gasteiger charge is 2.65. The Morgan fingerprint density at radius 3 is 2.36 bits per heavy atom. The van der Waals surface area contributed by atoms with Gasteiger partial charge in [-0.15, -0.1) is 6.58 Å². The Balaban J connectivity index is 1.30. The molecule has 0 radical (unpaired) electrons. The number of hydrogen-bond donors (Lipinski definition) is 2. The van der Waals surface area contributed by atoms with E-state index >= 15 is 0 Å². The third-order valence-electron chi connectivity index (χ3n) is 13.7. The maximum atomic E-state index is 15.0. The van der Waals surface area contributed by atoms with E-state index in [4.69, 9.17) is 24.2 Å². The highest BCUT2D eigenvalue weighted by atomic mass is 16.7. The summed E-state index contributed by atoms with van der Waals surface area (Å²) < 4.78 is 21.0. The number of benzene rings is 5.